The smallest absolute Gasteiger partial charge is 0.221 e. The summed E-state index contributed by atoms with van der Waals surface area (Å²) in [5, 5.41) is 13.3. The molecule has 1 amide bonds. The summed E-state index contributed by atoms with van der Waals surface area (Å²) in [6.45, 7) is 4.64. The molecule has 5 rings (SSSR count). The summed E-state index contributed by atoms with van der Waals surface area (Å²) in [5.74, 6) is 1.75. The average Bonchev–Trinajstić information content (AvgIpc) is 3.08. The monoisotopic (exact) mass is 446 g/mol. The van der Waals surface area contributed by atoms with E-state index in [1.54, 1.807) is 6.20 Å². The molecule has 0 spiro atoms. The van der Waals surface area contributed by atoms with Crippen LogP contribution in [0.4, 0.5) is 0 Å². The number of ketones is 1. The fraction of sp³-hybridized carbons (Fsp3) is 0.536. The van der Waals surface area contributed by atoms with Crippen LogP contribution in [0.3, 0.4) is 0 Å². The van der Waals surface area contributed by atoms with Gasteiger partial charge in [-0.15, -0.1) is 0 Å². The van der Waals surface area contributed by atoms with Gasteiger partial charge in [0.05, 0.1) is 12.2 Å². The van der Waals surface area contributed by atoms with E-state index in [1.165, 1.54) is 11.1 Å². The number of phenolic OH excluding ortho intramolecular Hbond substituents is 1. The van der Waals surface area contributed by atoms with Gasteiger partial charge in [0.15, 0.2) is 0 Å². The second-order valence-corrected chi connectivity index (χ2v) is 10.5. The zero-order chi connectivity index (χ0) is 23.2. The molecule has 5 heteroatoms. The number of nitrogens with one attached hydrogen (secondary N) is 1. The van der Waals surface area contributed by atoms with Crippen LogP contribution in [0.1, 0.15) is 74.3 Å². The third-order valence-corrected chi connectivity index (χ3v) is 8.79. The van der Waals surface area contributed by atoms with E-state index in [1.807, 2.05) is 24.3 Å². The highest BCUT2D eigenvalue weighted by Crippen LogP contribution is 2.61. The van der Waals surface area contributed by atoms with Crippen molar-refractivity contribution in [2.75, 3.05) is 0 Å². The first kappa shape index (κ1) is 22.1. The van der Waals surface area contributed by atoms with Gasteiger partial charge in [0.25, 0.3) is 0 Å². The molecule has 5 nitrogen and oxygen atoms in total. The van der Waals surface area contributed by atoms with Crippen LogP contribution in [0.2, 0.25) is 0 Å². The van der Waals surface area contributed by atoms with Gasteiger partial charge in [0.2, 0.25) is 5.91 Å². The molecule has 1 aromatic carbocycles. The van der Waals surface area contributed by atoms with Gasteiger partial charge in [0, 0.05) is 24.0 Å². The van der Waals surface area contributed by atoms with Gasteiger partial charge in [-0.05, 0) is 91.2 Å². The van der Waals surface area contributed by atoms with Crippen LogP contribution in [0.15, 0.2) is 36.5 Å². The Morgan fingerprint density at radius 2 is 2.12 bits per heavy atom. The molecule has 1 heterocycles. The van der Waals surface area contributed by atoms with Gasteiger partial charge >= 0.3 is 0 Å². The SMILES string of the molecule is CCc1cc2c(cc1O)CC[C@@H]1[C@@H]2CC[C@]2(C)C(=O)[C@@H](CC(=O)NCc3ccccn3)C[C@@H]12. The number of amides is 1. The van der Waals surface area contributed by atoms with Gasteiger partial charge in [-0.2, -0.15) is 0 Å². The number of carbonyl (C=O) groups is 2. The van der Waals surface area contributed by atoms with Crippen molar-refractivity contribution in [2.45, 2.75) is 71.3 Å². The number of nitrogens with zero attached hydrogens (tertiary/aromatic N) is 1. The van der Waals surface area contributed by atoms with E-state index in [4.69, 9.17) is 0 Å². The molecular formula is C28H34N2O3. The Morgan fingerprint density at radius 1 is 1.27 bits per heavy atom. The summed E-state index contributed by atoms with van der Waals surface area (Å²) >= 11 is 0. The second kappa shape index (κ2) is 8.58. The highest BCUT2D eigenvalue weighted by Gasteiger charge is 2.58. The van der Waals surface area contributed by atoms with Crippen LogP contribution in [0.25, 0.3) is 0 Å². The van der Waals surface area contributed by atoms with E-state index in [9.17, 15) is 14.7 Å². The lowest BCUT2D eigenvalue weighted by molar-refractivity contribution is -0.134. The molecular weight excluding hydrogens is 412 g/mol. The summed E-state index contributed by atoms with van der Waals surface area (Å²) in [7, 11) is 0. The predicted molar refractivity (Wildman–Crippen MR) is 127 cm³/mol. The van der Waals surface area contributed by atoms with Crippen molar-refractivity contribution in [2.24, 2.45) is 23.2 Å². The van der Waals surface area contributed by atoms with E-state index >= 15 is 0 Å². The lowest BCUT2D eigenvalue weighted by Gasteiger charge is -2.48. The number of rotatable bonds is 5. The third-order valence-electron chi connectivity index (χ3n) is 8.79. The van der Waals surface area contributed by atoms with Crippen molar-refractivity contribution in [1.29, 1.82) is 0 Å². The van der Waals surface area contributed by atoms with Crippen LogP contribution in [0.5, 0.6) is 5.75 Å². The van der Waals surface area contributed by atoms with Gasteiger partial charge in [-0.25, -0.2) is 0 Å². The van der Waals surface area contributed by atoms with Crippen LogP contribution >= 0.6 is 0 Å². The molecule has 0 radical (unpaired) electrons. The van der Waals surface area contributed by atoms with Crippen LogP contribution in [-0.4, -0.2) is 21.8 Å². The maximum Gasteiger partial charge on any atom is 0.221 e. The average molecular weight is 447 g/mol. The van der Waals surface area contributed by atoms with Crippen LogP contribution < -0.4 is 5.32 Å². The Balaban J connectivity index is 1.31. The molecule has 2 saturated carbocycles. The van der Waals surface area contributed by atoms with Crippen molar-refractivity contribution in [1.82, 2.24) is 10.3 Å². The Morgan fingerprint density at radius 3 is 2.88 bits per heavy atom. The minimum absolute atomic E-state index is 0.0603. The number of fused-ring (bicyclic) bond motifs is 5. The molecule has 3 aliphatic carbocycles. The summed E-state index contributed by atoms with van der Waals surface area (Å²) in [6.07, 6.45) is 7.58. The van der Waals surface area contributed by atoms with E-state index in [-0.39, 0.29) is 23.7 Å². The molecule has 1 aromatic heterocycles. The Kier molecular flexibility index (Phi) is 5.75. The first-order valence-electron chi connectivity index (χ1n) is 12.5. The van der Waals surface area contributed by atoms with Crippen LogP contribution in [0, 0.1) is 23.2 Å². The molecule has 0 unspecified atom stereocenters. The molecule has 2 aromatic rings. The number of hydrogen-bond acceptors (Lipinski definition) is 4. The number of Topliss-reactive ketones (excluding diaryl/α,β-unsaturated/α-hetero) is 1. The summed E-state index contributed by atoms with van der Waals surface area (Å²) in [6, 6.07) is 9.86. The summed E-state index contributed by atoms with van der Waals surface area (Å²) < 4.78 is 0. The molecule has 2 N–H and O–H groups in total. The topological polar surface area (TPSA) is 79.3 Å². The third kappa shape index (κ3) is 3.85. The normalized spacial score (nSPS) is 30.3. The highest BCUT2D eigenvalue weighted by molar-refractivity contribution is 5.93. The van der Waals surface area contributed by atoms with Gasteiger partial charge in [-0.1, -0.05) is 26.0 Å². The minimum Gasteiger partial charge on any atom is -0.508 e. The molecule has 0 saturated heterocycles. The number of aromatic hydroxyl groups is 1. The maximum absolute atomic E-state index is 13.5. The summed E-state index contributed by atoms with van der Waals surface area (Å²) in [4.78, 5) is 30.4. The fourth-order valence-corrected chi connectivity index (χ4v) is 7.04. The van der Waals surface area contributed by atoms with Gasteiger partial charge in [0.1, 0.15) is 11.5 Å². The lowest BCUT2D eigenvalue weighted by Crippen LogP contribution is -2.42. The summed E-state index contributed by atoms with van der Waals surface area (Å²) in [5.41, 5.74) is 4.21. The van der Waals surface area contributed by atoms with E-state index in [0.29, 0.717) is 35.8 Å². The van der Waals surface area contributed by atoms with E-state index in [0.717, 1.165) is 49.8 Å². The zero-order valence-corrected chi connectivity index (χ0v) is 19.6. The Bertz CT molecular complexity index is 1070. The lowest BCUT2D eigenvalue weighted by atomic mass is 9.55. The van der Waals surface area contributed by atoms with Gasteiger partial charge in [-0.3, -0.25) is 14.6 Å². The molecule has 174 valence electrons. The highest BCUT2D eigenvalue weighted by atomic mass is 16.3. The number of hydrogen-bond donors (Lipinski definition) is 2. The molecule has 3 aliphatic rings. The van der Waals surface area contributed by atoms with E-state index in [2.05, 4.69) is 30.2 Å². The van der Waals surface area contributed by atoms with Crippen molar-refractivity contribution in [3.8, 4) is 5.75 Å². The molecule has 2 fully saturated rings. The number of benzene rings is 1. The Labute approximate surface area is 196 Å². The van der Waals surface area contributed by atoms with Crippen molar-refractivity contribution in [3.05, 3.63) is 58.9 Å². The molecule has 0 bridgehead atoms. The molecule has 5 atom stereocenters. The number of carbonyl (C=O) groups excluding carboxylic acids is 2. The first-order chi connectivity index (χ1) is 15.9. The number of aryl methyl sites for hydroxylation is 2. The van der Waals surface area contributed by atoms with Gasteiger partial charge < -0.3 is 10.4 Å². The molecule has 0 aliphatic heterocycles. The standard InChI is InChI=1S/C28H34N2O3/c1-3-17-12-23-18(14-25(17)31)7-8-22-21(23)9-10-28(2)24(22)13-19(27(28)33)15-26(32)30-16-20-6-4-5-11-29-20/h4-6,11-12,14,19,21-22,24,31H,3,7-10,13,15-16H2,1-2H3,(H,30,32)/t19-,21+,22-,24+,28+/m1/s1. The Hall–Kier alpha value is -2.69. The van der Waals surface area contributed by atoms with Crippen molar-refractivity contribution in [3.63, 3.8) is 0 Å². The number of aromatic nitrogens is 1. The fourth-order valence-electron chi connectivity index (χ4n) is 7.04. The molecule has 33 heavy (non-hydrogen) atoms. The number of phenols is 1. The second-order valence-electron chi connectivity index (χ2n) is 10.5. The predicted octanol–water partition coefficient (Wildman–Crippen LogP) is 4.71. The van der Waals surface area contributed by atoms with Crippen molar-refractivity contribution >= 4 is 11.7 Å². The van der Waals surface area contributed by atoms with E-state index < -0.39 is 0 Å². The zero-order valence-electron chi connectivity index (χ0n) is 19.6. The minimum atomic E-state index is -0.310. The quantitative estimate of drug-likeness (QED) is 0.697. The maximum atomic E-state index is 13.5. The van der Waals surface area contributed by atoms with Crippen LogP contribution in [-0.2, 0) is 29.0 Å². The number of pyridine rings is 1. The largest absolute Gasteiger partial charge is 0.508 e. The first-order valence-corrected chi connectivity index (χ1v) is 12.5. The van der Waals surface area contributed by atoms with Crippen molar-refractivity contribution < 1.29 is 14.7 Å².